The van der Waals surface area contributed by atoms with Crippen LogP contribution in [0.15, 0.2) is 28.1 Å². The van der Waals surface area contributed by atoms with Crippen LogP contribution in [0.2, 0.25) is 0 Å². The van der Waals surface area contributed by atoms with Crippen molar-refractivity contribution in [2.45, 2.75) is 22.8 Å². The highest BCUT2D eigenvalue weighted by atomic mass is 32.2. The summed E-state index contributed by atoms with van der Waals surface area (Å²) in [7, 11) is 0. The molecule has 20 heavy (non-hydrogen) atoms. The lowest BCUT2D eigenvalue weighted by atomic mass is 9.92. The van der Waals surface area contributed by atoms with Crippen molar-refractivity contribution in [1.29, 1.82) is 0 Å². The van der Waals surface area contributed by atoms with Crippen LogP contribution in [0.5, 0.6) is 0 Å². The van der Waals surface area contributed by atoms with Crippen LogP contribution in [0.25, 0.3) is 0 Å². The number of fused-ring (bicyclic) bond motifs is 1. The van der Waals surface area contributed by atoms with E-state index in [0.29, 0.717) is 17.9 Å². The van der Waals surface area contributed by atoms with Crippen molar-refractivity contribution in [3.63, 3.8) is 0 Å². The highest BCUT2D eigenvalue weighted by molar-refractivity contribution is 8.00. The van der Waals surface area contributed by atoms with Gasteiger partial charge in [0.1, 0.15) is 0 Å². The van der Waals surface area contributed by atoms with Gasteiger partial charge in [0.15, 0.2) is 0 Å². The molecule has 0 spiro atoms. The van der Waals surface area contributed by atoms with Crippen molar-refractivity contribution < 1.29 is 31.4 Å². The number of thioether (sulfide) groups is 1. The van der Waals surface area contributed by atoms with Gasteiger partial charge in [-0.3, -0.25) is 4.99 Å². The smallest absolute Gasteiger partial charge is 0.369 e. The van der Waals surface area contributed by atoms with Gasteiger partial charge < -0.3 is 5.11 Å². The fraction of sp³-hybridized carbons (Fsp3) is 0.364. The third kappa shape index (κ3) is 2.28. The molecule has 0 unspecified atom stereocenters. The second-order valence-electron chi connectivity index (χ2n) is 4.01. The van der Waals surface area contributed by atoms with Crippen LogP contribution in [0.4, 0.5) is 32.0 Å². The fourth-order valence-electron chi connectivity index (χ4n) is 1.71. The summed E-state index contributed by atoms with van der Waals surface area (Å²) in [5.74, 6) is 0.340. The molecule has 1 aromatic carbocycles. The Morgan fingerprint density at radius 1 is 1.05 bits per heavy atom. The minimum atomic E-state index is -5.87. The van der Waals surface area contributed by atoms with Crippen LogP contribution < -0.4 is 0 Å². The molecular formula is C11H7F6NOS. The Balaban J connectivity index is 2.59. The number of rotatable bonds is 1. The lowest BCUT2D eigenvalue weighted by Gasteiger charge is -2.33. The van der Waals surface area contributed by atoms with Crippen LogP contribution >= 0.6 is 11.8 Å². The van der Waals surface area contributed by atoms with Crippen molar-refractivity contribution in [2.24, 2.45) is 4.99 Å². The summed E-state index contributed by atoms with van der Waals surface area (Å²) in [6.07, 6.45) is -10.3. The summed E-state index contributed by atoms with van der Waals surface area (Å²) >= 11 is 1.05. The number of aliphatic imine (C=N–C) groups is 1. The Labute approximate surface area is 113 Å². The Morgan fingerprint density at radius 3 is 2.20 bits per heavy atom. The highest BCUT2D eigenvalue weighted by Crippen LogP contribution is 2.51. The summed E-state index contributed by atoms with van der Waals surface area (Å²) in [6.45, 7) is 0. The molecule has 1 aromatic rings. The van der Waals surface area contributed by atoms with Gasteiger partial charge in [-0.15, -0.1) is 11.8 Å². The van der Waals surface area contributed by atoms with Gasteiger partial charge >= 0.3 is 12.4 Å². The van der Waals surface area contributed by atoms with Crippen molar-refractivity contribution in [1.82, 2.24) is 0 Å². The van der Waals surface area contributed by atoms with Crippen molar-refractivity contribution in [3.8, 4) is 0 Å². The first-order chi connectivity index (χ1) is 9.07. The molecule has 0 bridgehead atoms. The van der Waals surface area contributed by atoms with E-state index >= 15 is 0 Å². The first-order valence-corrected chi connectivity index (χ1v) is 6.21. The molecule has 0 aromatic heterocycles. The molecule has 1 heterocycles. The number of hydrogen-bond acceptors (Lipinski definition) is 3. The molecule has 0 saturated heterocycles. The van der Waals surface area contributed by atoms with Crippen LogP contribution in [0.3, 0.4) is 0 Å². The molecule has 0 fully saturated rings. The van der Waals surface area contributed by atoms with E-state index in [0.717, 1.165) is 17.8 Å². The summed E-state index contributed by atoms with van der Waals surface area (Å²) in [6, 6.07) is 2.29. The molecule has 2 nitrogen and oxygen atoms in total. The average molecular weight is 315 g/mol. The van der Waals surface area contributed by atoms with Crippen LogP contribution in [0.1, 0.15) is 5.56 Å². The molecule has 0 amide bonds. The number of aliphatic hydroxyl groups is 1. The van der Waals surface area contributed by atoms with Gasteiger partial charge in [-0.2, -0.15) is 26.3 Å². The zero-order valence-corrected chi connectivity index (χ0v) is 10.4. The second-order valence-corrected chi connectivity index (χ2v) is 5.07. The summed E-state index contributed by atoms with van der Waals surface area (Å²) < 4.78 is 76.3. The number of hydrogen-bond donors (Lipinski definition) is 1. The third-order valence-corrected chi connectivity index (χ3v) is 3.70. The van der Waals surface area contributed by atoms with Crippen molar-refractivity contribution in [2.75, 3.05) is 5.75 Å². The van der Waals surface area contributed by atoms with Crippen molar-refractivity contribution >= 4 is 23.7 Å². The summed E-state index contributed by atoms with van der Waals surface area (Å²) in [5, 5.41) is 9.26. The molecule has 1 aliphatic heterocycles. The minimum absolute atomic E-state index is 0.164. The van der Waals surface area contributed by atoms with E-state index in [2.05, 4.69) is 4.99 Å². The zero-order valence-electron chi connectivity index (χ0n) is 9.59. The molecule has 1 aliphatic rings. The topological polar surface area (TPSA) is 32.6 Å². The van der Waals surface area contributed by atoms with Crippen LogP contribution in [0, 0.1) is 0 Å². The predicted octanol–water partition coefficient (Wildman–Crippen LogP) is 3.81. The van der Waals surface area contributed by atoms with E-state index in [-0.39, 0.29) is 10.6 Å². The normalized spacial score (nSPS) is 16.1. The molecule has 1 N–H and O–H groups in total. The maximum atomic E-state index is 12.7. The number of benzene rings is 1. The first-order valence-electron chi connectivity index (χ1n) is 5.23. The molecule has 0 radical (unpaired) electrons. The van der Waals surface area contributed by atoms with E-state index in [4.69, 9.17) is 0 Å². The first kappa shape index (κ1) is 15.2. The van der Waals surface area contributed by atoms with Gasteiger partial charge in [0.2, 0.25) is 0 Å². The van der Waals surface area contributed by atoms with E-state index < -0.39 is 23.5 Å². The Hall–Kier alpha value is -1.22. The van der Waals surface area contributed by atoms with Crippen molar-refractivity contribution in [3.05, 3.63) is 23.8 Å². The Morgan fingerprint density at radius 2 is 1.65 bits per heavy atom. The van der Waals surface area contributed by atoms with Crippen LogP contribution in [-0.4, -0.2) is 29.4 Å². The van der Waals surface area contributed by atoms with Gasteiger partial charge in [-0.1, -0.05) is 6.07 Å². The summed E-state index contributed by atoms with van der Waals surface area (Å²) in [5.41, 5.74) is -5.88. The fourth-order valence-corrected chi connectivity index (χ4v) is 2.52. The zero-order chi connectivity index (χ0) is 15.2. The highest BCUT2D eigenvalue weighted by Gasteiger charge is 2.71. The SMILES string of the molecule is OC(c1ccc2c(c1)SCC=N2)(C(F)(F)F)C(F)(F)F. The molecule has 0 aliphatic carbocycles. The van der Waals surface area contributed by atoms with E-state index in [9.17, 15) is 31.4 Å². The molecule has 9 heteroatoms. The lowest BCUT2D eigenvalue weighted by molar-refractivity contribution is -0.376. The van der Waals surface area contributed by atoms with Gasteiger partial charge in [-0.05, 0) is 12.1 Å². The quantitative estimate of drug-likeness (QED) is 0.799. The van der Waals surface area contributed by atoms with Gasteiger partial charge in [0.25, 0.3) is 5.60 Å². The molecule has 0 saturated carbocycles. The molecular weight excluding hydrogens is 308 g/mol. The standard InChI is InChI=1S/C11H7F6NOS/c12-10(13,14)9(19,11(15,16)17)6-1-2-7-8(5-6)20-4-3-18-7/h1-3,5,19H,4H2. The Kier molecular flexibility index (Phi) is 3.53. The maximum absolute atomic E-state index is 12.7. The molecule has 2 rings (SSSR count). The lowest BCUT2D eigenvalue weighted by Crippen LogP contribution is -2.53. The van der Waals surface area contributed by atoms with E-state index in [1.165, 1.54) is 6.21 Å². The second kappa shape index (κ2) is 4.66. The van der Waals surface area contributed by atoms with E-state index in [1.54, 1.807) is 0 Å². The number of halogens is 6. The average Bonchev–Trinajstić information content (AvgIpc) is 2.34. The third-order valence-electron chi connectivity index (χ3n) is 2.74. The van der Waals surface area contributed by atoms with E-state index in [1.807, 2.05) is 0 Å². The molecule has 0 atom stereocenters. The maximum Gasteiger partial charge on any atom is 0.430 e. The predicted molar refractivity (Wildman–Crippen MR) is 61.3 cm³/mol. The van der Waals surface area contributed by atoms with Crippen LogP contribution in [-0.2, 0) is 5.60 Å². The van der Waals surface area contributed by atoms with Gasteiger partial charge in [0.05, 0.1) is 5.69 Å². The summed E-state index contributed by atoms with van der Waals surface area (Å²) in [4.78, 5) is 4.01. The minimum Gasteiger partial charge on any atom is -0.369 e. The largest absolute Gasteiger partial charge is 0.430 e. The molecule has 110 valence electrons. The Bertz CT molecular complexity index is 537. The van der Waals surface area contributed by atoms with Gasteiger partial charge in [-0.25, -0.2) is 0 Å². The van der Waals surface area contributed by atoms with Gasteiger partial charge in [0, 0.05) is 22.4 Å². The number of nitrogens with zero attached hydrogens (tertiary/aromatic N) is 1. The monoisotopic (exact) mass is 315 g/mol. The number of alkyl halides is 6.